The zero-order valence-corrected chi connectivity index (χ0v) is 12.2. The van der Waals surface area contributed by atoms with E-state index in [-0.39, 0.29) is 0 Å². The van der Waals surface area contributed by atoms with E-state index in [4.69, 9.17) is 0 Å². The molecule has 0 spiro atoms. The Morgan fingerprint density at radius 2 is 2.25 bits per heavy atom. The highest BCUT2D eigenvalue weighted by Crippen LogP contribution is 2.38. The van der Waals surface area contributed by atoms with Crippen molar-refractivity contribution in [3.8, 4) is 0 Å². The first-order valence-corrected chi connectivity index (χ1v) is 7.91. The van der Waals surface area contributed by atoms with Crippen molar-refractivity contribution in [2.45, 2.75) is 32.6 Å². The summed E-state index contributed by atoms with van der Waals surface area (Å²) in [7, 11) is 0. The standard InChI is InChI=1S/C13H20BrNS/c1-2-6-15-9-11-4-3-10(11)8-13-12(14)5-7-16-13/h5,7,10-11,15H,2-4,6,8-9H2,1H3. The van der Waals surface area contributed by atoms with Gasteiger partial charge in [-0.15, -0.1) is 11.3 Å². The van der Waals surface area contributed by atoms with Crippen LogP contribution >= 0.6 is 27.3 Å². The van der Waals surface area contributed by atoms with Crippen molar-refractivity contribution in [1.29, 1.82) is 0 Å². The van der Waals surface area contributed by atoms with Gasteiger partial charge in [-0.25, -0.2) is 0 Å². The SMILES string of the molecule is CCCNCC1CCC1Cc1sccc1Br. The van der Waals surface area contributed by atoms with Crippen molar-refractivity contribution in [3.63, 3.8) is 0 Å². The average Bonchev–Trinajstić information content (AvgIpc) is 2.65. The van der Waals surface area contributed by atoms with Crippen LogP contribution in [0.3, 0.4) is 0 Å². The molecule has 0 radical (unpaired) electrons. The molecule has 2 atom stereocenters. The minimum absolute atomic E-state index is 0.916. The normalized spacial score (nSPS) is 24.4. The third-order valence-electron chi connectivity index (χ3n) is 3.55. The minimum atomic E-state index is 0.916. The summed E-state index contributed by atoms with van der Waals surface area (Å²) in [6.07, 6.45) is 5.36. The second-order valence-electron chi connectivity index (χ2n) is 4.70. The van der Waals surface area contributed by atoms with Gasteiger partial charge in [0.1, 0.15) is 0 Å². The second-order valence-corrected chi connectivity index (χ2v) is 6.55. The first-order chi connectivity index (χ1) is 7.81. The molecule has 1 fully saturated rings. The largest absolute Gasteiger partial charge is 0.316 e. The number of nitrogens with one attached hydrogen (secondary N) is 1. The molecule has 0 amide bonds. The number of rotatable bonds is 6. The van der Waals surface area contributed by atoms with Crippen LogP contribution in [-0.2, 0) is 6.42 Å². The fourth-order valence-corrected chi connectivity index (χ4v) is 3.96. The van der Waals surface area contributed by atoms with Gasteiger partial charge in [0.25, 0.3) is 0 Å². The molecule has 90 valence electrons. The predicted molar refractivity (Wildman–Crippen MR) is 75.1 cm³/mol. The minimum Gasteiger partial charge on any atom is -0.316 e. The Balaban J connectivity index is 1.76. The highest BCUT2D eigenvalue weighted by atomic mass is 79.9. The quantitative estimate of drug-likeness (QED) is 0.781. The van der Waals surface area contributed by atoms with E-state index in [1.807, 2.05) is 11.3 Å². The molecule has 1 saturated carbocycles. The van der Waals surface area contributed by atoms with E-state index in [9.17, 15) is 0 Å². The van der Waals surface area contributed by atoms with Gasteiger partial charge in [-0.3, -0.25) is 0 Å². The first kappa shape index (κ1) is 12.6. The number of hydrogen-bond acceptors (Lipinski definition) is 2. The molecule has 16 heavy (non-hydrogen) atoms. The van der Waals surface area contributed by atoms with Crippen LogP contribution in [0.15, 0.2) is 15.9 Å². The van der Waals surface area contributed by atoms with Gasteiger partial charge in [0.15, 0.2) is 0 Å². The van der Waals surface area contributed by atoms with Crippen LogP contribution in [0.5, 0.6) is 0 Å². The summed E-state index contributed by atoms with van der Waals surface area (Å²) in [5.41, 5.74) is 0. The number of halogens is 1. The Bertz CT molecular complexity index is 323. The Morgan fingerprint density at radius 1 is 1.44 bits per heavy atom. The van der Waals surface area contributed by atoms with E-state index >= 15 is 0 Å². The van der Waals surface area contributed by atoms with E-state index < -0.39 is 0 Å². The maximum absolute atomic E-state index is 3.63. The van der Waals surface area contributed by atoms with Crippen molar-refractivity contribution in [1.82, 2.24) is 5.32 Å². The summed E-state index contributed by atoms with van der Waals surface area (Å²) in [6.45, 7) is 4.63. The topological polar surface area (TPSA) is 12.0 Å². The molecule has 2 rings (SSSR count). The monoisotopic (exact) mass is 301 g/mol. The Hall–Kier alpha value is 0.140. The molecule has 0 saturated heterocycles. The van der Waals surface area contributed by atoms with Gasteiger partial charge < -0.3 is 5.32 Å². The van der Waals surface area contributed by atoms with Crippen LogP contribution in [0.2, 0.25) is 0 Å². The molecule has 1 nitrogen and oxygen atoms in total. The summed E-state index contributed by atoms with van der Waals surface area (Å²) < 4.78 is 1.31. The fourth-order valence-electron chi connectivity index (χ4n) is 2.35. The number of hydrogen-bond donors (Lipinski definition) is 1. The zero-order chi connectivity index (χ0) is 11.4. The second kappa shape index (κ2) is 6.18. The van der Waals surface area contributed by atoms with Crippen LogP contribution in [-0.4, -0.2) is 13.1 Å². The van der Waals surface area contributed by atoms with Gasteiger partial charge in [-0.2, -0.15) is 0 Å². The van der Waals surface area contributed by atoms with Gasteiger partial charge in [0.2, 0.25) is 0 Å². The van der Waals surface area contributed by atoms with Gasteiger partial charge in [0, 0.05) is 9.35 Å². The van der Waals surface area contributed by atoms with Crippen molar-refractivity contribution in [2.24, 2.45) is 11.8 Å². The summed E-state index contributed by atoms with van der Waals surface area (Å²) in [6, 6.07) is 2.17. The Kier molecular flexibility index (Phi) is 4.86. The summed E-state index contributed by atoms with van der Waals surface area (Å²) in [5, 5.41) is 5.74. The lowest BCUT2D eigenvalue weighted by atomic mass is 9.71. The lowest BCUT2D eigenvalue weighted by molar-refractivity contribution is 0.172. The van der Waals surface area contributed by atoms with E-state index in [1.165, 1.54) is 48.1 Å². The van der Waals surface area contributed by atoms with E-state index in [1.54, 1.807) is 0 Å². The molecule has 1 aliphatic carbocycles. The lowest BCUT2D eigenvalue weighted by Gasteiger charge is -2.37. The molecule has 1 aromatic heterocycles. The molecular weight excluding hydrogens is 282 g/mol. The molecule has 2 unspecified atom stereocenters. The van der Waals surface area contributed by atoms with E-state index in [0.29, 0.717) is 0 Å². The van der Waals surface area contributed by atoms with Gasteiger partial charge in [-0.05, 0) is 78.0 Å². The van der Waals surface area contributed by atoms with E-state index in [0.717, 1.165) is 11.8 Å². The van der Waals surface area contributed by atoms with Crippen LogP contribution in [0.4, 0.5) is 0 Å². The molecule has 1 N–H and O–H groups in total. The molecule has 0 aliphatic heterocycles. The smallest absolute Gasteiger partial charge is 0.0314 e. The zero-order valence-electron chi connectivity index (χ0n) is 9.84. The molecule has 0 aromatic carbocycles. The van der Waals surface area contributed by atoms with Crippen molar-refractivity contribution >= 4 is 27.3 Å². The fraction of sp³-hybridized carbons (Fsp3) is 0.692. The summed E-state index contributed by atoms with van der Waals surface area (Å²) in [4.78, 5) is 1.53. The van der Waals surface area contributed by atoms with Crippen molar-refractivity contribution < 1.29 is 0 Å². The molecule has 1 aromatic rings. The van der Waals surface area contributed by atoms with Crippen LogP contribution in [0.25, 0.3) is 0 Å². The van der Waals surface area contributed by atoms with Crippen LogP contribution in [0.1, 0.15) is 31.1 Å². The van der Waals surface area contributed by atoms with Crippen molar-refractivity contribution in [2.75, 3.05) is 13.1 Å². The first-order valence-electron chi connectivity index (χ1n) is 6.23. The average molecular weight is 302 g/mol. The maximum Gasteiger partial charge on any atom is 0.0314 e. The molecule has 3 heteroatoms. The van der Waals surface area contributed by atoms with Crippen LogP contribution in [0, 0.1) is 11.8 Å². The molecule has 0 bridgehead atoms. The van der Waals surface area contributed by atoms with E-state index in [2.05, 4.69) is 39.6 Å². The highest BCUT2D eigenvalue weighted by molar-refractivity contribution is 9.10. The summed E-state index contributed by atoms with van der Waals surface area (Å²) in [5.74, 6) is 1.83. The molecular formula is C13H20BrNS. The third kappa shape index (κ3) is 3.08. The Morgan fingerprint density at radius 3 is 2.81 bits per heavy atom. The molecule has 1 aliphatic rings. The predicted octanol–water partition coefficient (Wildman–Crippen LogP) is 4.08. The maximum atomic E-state index is 3.63. The third-order valence-corrected chi connectivity index (χ3v) is 5.50. The molecule has 1 heterocycles. The van der Waals surface area contributed by atoms with Gasteiger partial charge >= 0.3 is 0 Å². The highest BCUT2D eigenvalue weighted by Gasteiger charge is 2.30. The number of thiophene rings is 1. The summed E-state index contributed by atoms with van der Waals surface area (Å²) >= 11 is 5.52. The van der Waals surface area contributed by atoms with Crippen LogP contribution < -0.4 is 5.32 Å². The van der Waals surface area contributed by atoms with Gasteiger partial charge in [0.05, 0.1) is 0 Å². The lowest BCUT2D eigenvalue weighted by Crippen LogP contribution is -2.36. The Labute approximate surface area is 111 Å². The van der Waals surface area contributed by atoms with Gasteiger partial charge in [-0.1, -0.05) is 6.92 Å². The van der Waals surface area contributed by atoms with Crippen molar-refractivity contribution in [3.05, 3.63) is 20.8 Å².